The fourth-order valence-corrected chi connectivity index (χ4v) is 4.34. The topological polar surface area (TPSA) is 40.6 Å². The Labute approximate surface area is 242 Å². The second-order valence-corrected chi connectivity index (χ2v) is 9.53. The van der Waals surface area contributed by atoms with Crippen LogP contribution in [-0.2, 0) is 11.8 Å². The molecule has 0 saturated heterocycles. The van der Waals surface area contributed by atoms with E-state index in [1.165, 1.54) is 31.3 Å². The third-order valence-corrected chi connectivity index (χ3v) is 6.78. The van der Waals surface area contributed by atoms with Crippen molar-refractivity contribution in [1.82, 2.24) is 0 Å². The average Bonchev–Trinajstić information content (AvgIpc) is 2.93. The van der Waals surface area contributed by atoms with Gasteiger partial charge in [0.15, 0.2) is 0 Å². The number of benzene rings is 3. The summed E-state index contributed by atoms with van der Waals surface area (Å²) >= 11 is 2.50. The summed E-state index contributed by atoms with van der Waals surface area (Å²) < 4.78 is 163. The van der Waals surface area contributed by atoms with Gasteiger partial charge in [-0.05, 0) is 42.5 Å². The highest BCUT2D eigenvalue weighted by atomic mass is 79.9. The van der Waals surface area contributed by atoms with Gasteiger partial charge in [-0.25, -0.2) is 8.32 Å². The summed E-state index contributed by atoms with van der Waals surface area (Å²) in [7, 11) is 1.31. The number of amides is 2. The molecule has 0 aliphatic heterocycles. The lowest BCUT2D eigenvalue weighted by Gasteiger charge is -2.36. The first-order valence-corrected chi connectivity index (χ1v) is 12.1. The molecule has 3 aromatic rings. The summed E-state index contributed by atoms with van der Waals surface area (Å²) in [4.78, 5) is 26.9. The second kappa shape index (κ2) is 11.4. The highest BCUT2D eigenvalue weighted by molar-refractivity contribution is 9.10. The molecule has 3 aromatic carbocycles. The van der Waals surface area contributed by atoms with Crippen molar-refractivity contribution >= 4 is 39.3 Å². The number of hydrogen-bond donors (Lipinski definition) is 0. The van der Waals surface area contributed by atoms with E-state index < -0.39 is 70.4 Å². The minimum absolute atomic E-state index is 0.0349. The van der Waals surface area contributed by atoms with Crippen LogP contribution in [0.1, 0.15) is 31.8 Å². The molecule has 0 aliphatic carbocycles. The number of nitrogens with zero attached hydrogens (tertiary/aromatic N) is 2. The smallest absolute Gasteiger partial charge is 0.311 e. The molecule has 1 atom stereocenters. The van der Waals surface area contributed by atoms with Crippen molar-refractivity contribution in [3.05, 3.63) is 95.1 Å². The molecule has 0 spiro atoms. The van der Waals surface area contributed by atoms with E-state index >= 15 is 0 Å². The maximum Gasteiger partial charge on any atom is 0.457 e. The molecule has 0 radical (unpaired) electrons. The van der Waals surface area contributed by atoms with Crippen LogP contribution in [0.2, 0.25) is 0 Å². The lowest BCUT2D eigenvalue weighted by molar-refractivity contribution is -0.389. The van der Waals surface area contributed by atoms with Gasteiger partial charge in [0.1, 0.15) is 0 Å². The SMILES string of the molecule is CN(C(=O)c1ccccc1)c1cccc(C(=O)N(Br)c2ccc(C(F)(C(F)(F)F)C(F)(F)C(F)(F)F)cc2C(F)(F)F)c1. The Morgan fingerprint density at radius 2 is 1.21 bits per heavy atom. The summed E-state index contributed by atoms with van der Waals surface area (Å²) in [6.07, 6.45) is -20.0. The largest absolute Gasteiger partial charge is 0.457 e. The molecule has 3 rings (SSSR count). The molecule has 0 aliphatic rings. The number of anilines is 2. The summed E-state index contributed by atoms with van der Waals surface area (Å²) in [6, 6.07) is 11.1. The Balaban J connectivity index is 2.09. The number of carbonyl (C=O) groups is 2. The third kappa shape index (κ3) is 6.17. The van der Waals surface area contributed by atoms with Gasteiger partial charge >= 0.3 is 30.1 Å². The van der Waals surface area contributed by atoms with Crippen molar-refractivity contribution in [2.24, 2.45) is 0 Å². The second-order valence-electron chi connectivity index (χ2n) is 8.82. The zero-order valence-corrected chi connectivity index (χ0v) is 22.6. The molecule has 0 aromatic heterocycles. The van der Waals surface area contributed by atoms with Gasteiger partial charge in [-0.15, -0.1) is 0 Å². The molecule has 0 saturated carbocycles. The van der Waals surface area contributed by atoms with Crippen molar-refractivity contribution in [2.45, 2.75) is 30.1 Å². The molecule has 43 heavy (non-hydrogen) atoms. The van der Waals surface area contributed by atoms with Gasteiger partial charge in [-0.2, -0.15) is 48.3 Å². The van der Waals surface area contributed by atoms with Crippen molar-refractivity contribution in [3.63, 3.8) is 0 Å². The standard InChI is InChI=1S/C26H15BrF12N2O2/c1-40(20(42)14-6-3-2-4-7-14)17-9-5-8-15(12-17)21(43)41(27)19-11-10-16(13-18(19)23(29,30)31)22(28,25(34,35)36)24(32,33)26(37,38)39/h2-13H,1H3. The van der Waals surface area contributed by atoms with E-state index in [-0.39, 0.29) is 27.3 Å². The quantitative estimate of drug-likeness (QED) is 0.191. The zero-order valence-electron chi connectivity index (χ0n) is 21.1. The van der Waals surface area contributed by atoms with Crippen LogP contribution in [-0.4, -0.2) is 37.1 Å². The van der Waals surface area contributed by atoms with Crippen LogP contribution in [0.5, 0.6) is 0 Å². The Morgan fingerprint density at radius 1 is 0.651 bits per heavy atom. The van der Waals surface area contributed by atoms with E-state index in [1.807, 2.05) is 0 Å². The third-order valence-electron chi connectivity index (χ3n) is 6.07. The van der Waals surface area contributed by atoms with E-state index in [1.54, 1.807) is 18.2 Å². The van der Waals surface area contributed by atoms with Crippen molar-refractivity contribution in [1.29, 1.82) is 0 Å². The van der Waals surface area contributed by atoms with Gasteiger partial charge in [-0.1, -0.05) is 30.3 Å². The Hall–Kier alpha value is -3.76. The molecule has 4 nitrogen and oxygen atoms in total. The van der Waals surface area contributed by atoms with Gasteiger partial charge in [0, 0.05) is 29.4 Å². The summed E-state index contributed by atoms with van der Waals surface area (Å²) in [5.74, 6) is -9.11. The molecular weight excluding hydrogens is 680 g/mol. The fraction of sp³-hybridized carbons (Fsp3) is 0.231. The van der Waals surface area contributed by atoms with Crippen molar-refractivity contribution in [3.8, 4) is 0 Å². The number of halogens is 13. The molecule has 2 amide bonds. The molecule has 17 heteroatoms. The van der Waals surface area contributed by atoms with E-state index in [4.69, 9.17) is 0 Å². The van der Waals surface area contributed by atoms with Crippen LogP contribution in [0.25, 0.3) is 0 Å². The van der Waals surface area contributed by atoms with Crippen molar-refractivity contribution in [2.75, 3.05) is 15.9 Å². The van der Waals surface area contributed by atoms with E-state index in [0.29, 0.717) is 0 Å². The molecule has 0 bridgehead atoms. The number of alkyl halides is 12. The Kier molecular flexibility index (Phi) is 8.94. The normalized spacial score (nSPS) is 14.2. The van der Waals surface area contributed by atoms with E-state index in [2.05, 4.69) is 16.1 Å². The predicted octanol–water partition coefficient (Wildman–Crippen LogP) is 8.86. The van der Waals surface area contributed by atoms with Crippen LogP contribution < -0.4 is 8.83 Å². The lowest BCUT2D eigenvalue weighted by Crippen LogP contribution is -2.59. The fourth-order valence-electron chi connectivity index (χ4n) is 3.83. The average molecular weight is 695 g/mol. The first-order valence-electron chi connectivity index (χ1n) is 11.4. The monoisotopic (exact) mass is 694 g/mol. The molecule has 0 fully saturated rings. The Morgan fingerprint density at radius 3 is 1.72 bits per heavy atom. The maximum absolute atomic E-state index is 14.9. The molecular formula is C26H15BrF12N2O2. The van der Waals surface area contributed by atoms with Crippen LogP contribution in [0, 0.1) is 0 Å². The number of hydrogen-bond acceptors (Lipinski definition) is 2. The lowest BCUT2D eigenvalue weighted by atomic mass is 9.86. The van der Waals surface area contributed by atoms with Crippen LogP contribution in [0.3, 0.4) is 0 Å². The van der Waals surface area contributed by atoms with Gasteiger partial charge in [0.25, 0.3) is 11.8 Å². The first-order chi connectivity index (χ1) is 19.6. The highest BCUT2D eigenvalue weighted by Gasteiger charge is 2.81. The van der Waals surface area contributed by atoms with E-state index in [0.717, 1.165) is 17.0 Å². The predicted molar refractivity (Wildman–Crippen MR) is 133 cm³/mol. The van der Waals surface area contributed by atoms with E-state index in [9.17, 15) is 62.3 Å². The van der Waals surface area contributed by atoms with Crippen LogP contribution >= 0.6 is 16.1 Å². The maximum atomic E-state index is 14.9. The van der Waals surface area contributed by atoms with Crippen LogP contribution in [0.4, 0.5) is 64.1 Å². The number of carbonyl (C=O) groups excluding carboxylic acids is 2. The van der Waals surface area contributed by atoms with Gasteiger partial charge in [-0.3, -0.25) is 9.59 Å². The number of rotatable bonds is 6. The zero-order chi connectivity index (χ0) is 32.8. The summed E-state index contributed by atoms with van der Waals surface area (Å²) in [6.45, 7) is 0. The summed E-state index contributed by atoms with van der Waals surface area (Å²) in [5, 5.41) is 0. The van der Waals surface area contributed by atoms with Gasteiger partial charge in [0.05, 0.1) is 27.4 Å². The van der Waals surface area contributed by atoms with Gasteiger partial charge in [0.2, 0.25) is 0 Å². The molecule has 0 heterocycles. The minimum Gasteiger partial charge on any atom is -0.311 e. The molecule has 1 unspecified atom stereocenters. The van der Waals surface area contributed by atoms with Crippen molar-refractivity contribution < 1.29 is 62.3 Å². The minimum atomic E-state index is -7.21. The molecule has 232 valence electrons. The Bertz CT molecular complexity index is 1510. The first kappa shape index (κ1) is 33.7. The van der Waals surface area contributed by atoms with Gasteiger partial charge < -0.3 is 4.90 Å². The summed E-state index contributed by atoms with van der Waals surface area (Å²) in [5.41, 5.74) is -13.2. The highest BCUT2D eigenvalue weighted by Crippen LogP contribution is 2.59. The van der Waals surface area contributed by atoms with Crippen LogP contribution in [0.15, 0.2) is 72.8 Å². The molecule has 0 N–H and O–H groups in total.